The number of sulfonamides is 1. The quantitative estimate of drug-likeness (QED) is 0.665. The molecule has 0 aliphatic rings. The van der Waals surface area contributed by atoms with Crippen molar-refractivity contribution in [2.24, 2.45) is 5.14 Å². The number of hydrogen-bond donors (Lipinski definition) is 2. The Kier molecular flexibility index (Phi) is 3.44. The van der Waals surface area contributed by atoms with Crippen molar-refractivity contribution in [3.8, 4) is 0 Å². The maximum absolute atomic E-state index is 10.7. The highest BCUT2D eigenvalue weighted by Crippen LogP contribution is 2.07. The molecule has 0 aliphatic carbocycles. The molecule has 0 saturated carbocycles. The van der Waals surface area contributed by atoms with Crippen LogP contribution >= 0.6 is 12.4 Å². The first kappa shape index (κ1) is 11.2. The van der Waals surface area contributed by atoms with Crippen LogP contribution in [-0.4, -0.2) is 13.4 Å². The van der Waals surface area contributed by atoms with Gasteiger partial charge in [-0.15, -0.1) is 12.4 Å². The molecule has 0 saturated heterocycles. The predicted molar refractivity (Wildman–Crippen MR) is 47.3 cm³/mol. The highest BCUT2D eigenvalue weighted by Gasteiger charge is 2.06. The summed E-state index contributed by atoms with van der Waals surface area (Å²) in [6.07, 6.45) is 2.49. The molecular formula is C5H8ClN3O2S. The lowest BCUT2D eigenvalue weighted by atomic mass is 10.4. The normalized spacial score (nSPS) is 10.4. The second-order valence-corrected chi connectivity index (χ2v) is 3.56. The van der Waals surface area contributed by atoms with Crippen LogP contribution in [0.1, 0.15) is 0 Å². The summed E-state index contributed by atoms with van der Waals surface area (Å²) >= 11 is 0. The number of nitrogen functional groups attached to an aromatic ring is 1. The number of pyridine rings is 1. The molecule has 0 aromatic carbocycles. The SMILES string of the molecule is Cl.Nc1cncc(S(N)(=O)=O)c1. The molecule has 1 aromatic heterocycles. The molecule has 5 nitrogen and oxygen atoms in total. The Bertz CT molecular complexity index is 365. The van der Waals surface area contributed by atoms with Crippen LogP contribution in [0.25, 0.3) is 0 Å². The Balaban J connectivity index is 0.00000121. The first-order chi connectivity index (χ1) is 5.00. The van der Waals surface area contributed by atoms with Crippen LogP contribution in [0.4, 0.5) is 5.69 Å². The summed E-state index contributed by atoms with van der Waals surface area (Å²) in [7, 11) is -3.67. The minimum atomic E-state index is -3.67. The summed E-state index contributed by atoms with van der Waals surface area (Å²) in [6.45, 7) is 0. The zero-order valence-corrected chi connectivity index (χ0v) is 7.60. The smallest absolute Gasteiger partial charge is 0.239 e. The lowest BCUT2D eigenvalue weighted by Gasteiger charge is -1.96. The fourth-order valence-electron chi connectivity index (χ4n) is 0.591. The lowest BCUT2D eigenvalue weighted by molar-refractivity contribution is 0.597. The molecule has 0 radical (unpaired) electrons. The third-order valence-corrected chi connectivity index (χ3v) is 1.94. The van der Waals surface area contributed by atoms with E-state index in [0.717, 1.165) is 6.20 Å². The number of primary sulfonamides is 1. The van der Waals surface area contributed by atoms with E-state index in [1.54, 1.807) is 0 Å². The third kappa shape index (κ3) is 2.65. The fourth-order valence-corrected chi connectivity index (χ4v) is 1.10. The number of rotatable bonds is 1. The van der Waals surface area contributed by atoms with Crippen LogP contribution in [0.15, 0.2) is 23.4 Å². The second kappa shape index (κ2) is 3.70. The first-order valence-electron chi connectivity index (χ1n) is 2.73. The van der Waals surface area contributed by atoms with Gasteiger partial charge in [0.2, 0.25) is 10.0 Å². The molecule has 4 N–H and O–H groups in total. The van der Waals surface area contributed by atoms with Crippen molar-refractivity contribution in [1.29, 1.82) is 0 Å². The Morgan fingerprint density at radius 3 is 2.25 bits per heavy atom. The summed E-state index contributed by atoms with van der Waals surface area (Å²) in [4.78, 5) is 3.49. The minimum Gasteiger partial charge on any atom is -0.397 e. The van der Waals surface area contributed by atoms with Crippen molar-refractivity contribution < 1.29 is 8.42 Å². The van der Waals surface area contributed by atoms with Gasteiger partial charge in [-0.2, -0.15) is 0 Å². The number of nitrogens with zero attached hydrogens (tertiary/aromatic N) is 1. The summed E-state index contributed by atoms with van der Waals surface area (Å²) in [5.74, 6) is 0. The van der Waals surface area contributed by atoms with Crippen LogP contribution < -0.4 is 10.9 Å². The molecule has 0 bridgehead atoms. The maximum Gasteiger partial charge on any atom is 0.239 e. The number of anilines is 1. The van der Waals surface area contributed by atoms with Gasteiger partial charge in [-0.3, -0.25) is 4.98 Å². The highest BCUT2D eigenvalue weighted by atomic mass is 35.5. The van der Waals surface area contributed by atoms with Crippen molar-refractivity contribution in [2.75, 3.05) is 5.73 Å². The van der Waals surface area contributed by atoms with E-state index >= 15 is 0 Å². The molecule has 1 rings (SSSR count). The van der Waals surface area contributed by atoms with Gasteiger partial charge in [0.15, 0.2) is 0 Å². The van der Waals surface area contributed by atoms with E-state index in [2.05, 4.69) is 4.98 Å². The van der Waals surface area contributed by atoms with E-state index in [1.165, 1.54) is 12.3 Å². The number of halogens is 1. The molecular weight excluding hydrogens is 202 g/mol. The van der Waals surface area contributed by atoms with E-state index < -0.39 is 10.0 Å². The molecule has 0 fully saturated rings. The van der Waals surface area contributed by atoms with Gasteiger partial charge in [0, 0.05) is 12.4 Å². The third-order valence-electron chi connectivity index (χ3n) is 1.06. The summed E-state index contributed by atoms with van der Waals surface area (Å²) < 4.78 is 21.3. The lowest BCUT2D eigenvalue weighted by Crippen LogP contribution is -2.12. The topological polar surface area (TPSA) is 99.1 Å². The van der Waals surface area contributed by atoms with Crippen molar-refractivity contribution in [3.63, 3.8) is 0 Å². The van der Waals surface area contributed by atoms with Gasteiger partial charge in [0.05, 0.1) is 5.69 Å². The zero-order chi connectivity index (χ0) is 8.48. The number of nitrogens with two attached hydrogens (primary N) is 2. The summed E-state index contributed by atoms with van der Waals surface area (Å²) in [5, 5.41) is 4.80. The number of aromatic nitrogens is 1. The van der Waals surface area contributed by atoms with Crippen LogP contribution in [0.5, 0.6) is 0 Å². The second-order valence-electron chi connectivity index (χ2n) is 2.00. The van der Waals surface area contributed by atoms with Gasteiger partial charge in [-0.25, -0.2) is 13.6 Å². The Morgan fingerprint density at radius 2 is 1.92 bits per heavy atom. The Labute approximate surface area is 76.2 Å². The molecule has 0 atom stereocenters. The summed E-state index contributed by atoms with van der Waals surface area (Å²) in [6, 6.07) is 1.25. The Hall–Kier alpha value is -0.850. The average Bonchev–Trinajstić information content (AvgIpc) is 1.86. The van der Waals surface area contributed by atoms with Crippen LogP contribution in [0.2, 0.25) is 0 Å². The average molecular weight is 210 g/mol. The van der Waals surface area contributed by atoms with Crippen molar-refractivity contribution in [3.05, 3.63) is 18.5 Å². The molecule has 0 spiro atoms. The molecule has 12 heavy (non-hydrogen) atoms. The van der Waals surface area contributed by atoms with E-state index in [9.17, 15) is 8.42 Å². The fraction of sp³-hybridized carbons (Fsp3) is 0. The van der Waals surface area contributed by atoms with Crippen LogP contribution in [0, 0.1) is 0 Å². The van der Waals surface area contributed by atoms with E-state index in [4.69, 9.17) is 10.9 Å². The molecule has 0 amide bonds. The highest BCUT2D eigenvalue weighted by molar-refractivity contribution is 7.89. The van der Waals surface area contributed by atoms with Gasteiger partial charge in [0.1, 0.15) is 4.90 Å². The van der Waals surface area contributed by atoms with Gasteiger partial charge in [-0.1, -0.05) is 0 Å². The predicted octanol–water partition coefficient (Wildman–Crippen LogP) is -0.267. The van der Waals surface area contributed by atoms with Crippen LogP contribution in [0.3, 0.4) is 0 Å². The molecule has 1 heterocycles. The summed E-state index contributed by atoms with van der Waals surface area (Å²) in [5.41, 5.74) is 5.55. The zero-order valence-electron chi connectivity index (χ0n) is 5.97. The van der Waals surface area contributed by atoms with Gasteiger partial charge in [-0.05, 0) is 6.07 Å². The minimum absolute atomic E-state index is 0. The van der Waals surface area contributed by atoms with Gasteiger partial charge >= 0.3 is 0 Å². The number of hydrogen-bond acceptors (Lipinski definition) is 4. The molecule has 0 unspecified atom stereocenters. The van der Waals surface area contributed by atoms with E-state index in [0.29, 0.717) is 0 Å². The van der Waals surface area contributed by atoms with Gasteiger partial charge < -0.3 is 5.73 Å². The first-order valence-corrected chi connectivity index (χ1v) is 4.28. The molecule has 68 valence electrons. The molecule has 0 aliphatic heterocycles. The van der Waals surface area contributed by atoms with Gasteiger partial charge in [0.25, 0.3) is 0 Å². The largest absolute Gasteiger partial charge is 0.397 e. The van der Waals surface area contributed by atoms with E-state index in [1.807, 2.05) is 0 Å². The monoisotopic (exact) mass is 209 g/mol. The molecule has 7 heteroatoms. The Morgan fingerprint density at radius 1 is 1.33 bits per heavy atom. The van der Waals surface area contributed by atoms with Crippen LogP contribution in [-0.2, 0) is 10.0 Å². The standard InChI is InChI=1S/C5H7N3O2S.ClH/c6-4-1-5(3-8-2-4)11(7,9)10;/h1-3H,6H2,(H2,7,9,10);1H. The van der Waals surface area contributed by atoms with Crippen molar-refractivity contribution in [1.82, 2.24) is 4.98 Å². The van der Waals surface area contributed by atoms with E-state index in [-0.39, 0.29) is 23.0 Å². The molecule has 1 aromatic rings. The maximum atomic E-state index is 10.7. The van der Waals surface area contributed by atoms with Crippen molar-refractivity contribution in [2.45, 2.75) is 4.90 Å². The van der Waals surface area contributed by atoms with Crippen molar-refractivity contribution >= 4 is 28.1 Å².